The summed E-state index contributed by atoms with van der Waals surface area (Å²) in [6.45, 7) is 0. The Morgan fingerprint density at radius 3 is 2.17 bits per heavy atom. The zero-order chi connectivity index (χ0) is 16.8. The molecule has 0 spiro atoms. The molecule has 2 aromatic carbocycles. The molecule has 0 saturated heterocycles. The number of nitrogens with zero attached hydrogens (tertiary/aromatic N) is 1. The highest BCUT2D eigenvalue weighted by molar-refractivity contribution is 5.92. The van der Waals surface area contributed by atoms with Crippen molar-refractivity contribution >= 4 is 17.6 Å². The lowest BCUT2D eigenvalue weighted by Gasteiger charge is -2.16. The molecule has 0 unspecified atom stereocenters. The molecule has 0 fully saturated rings. The second kappa shape index (κ2) is 7.17. The van der Waals surface area contributed by atoms with Crippen LogP contribution in [0.15, 0.2) is 54.6 Å². The molecule has 0 aliphatic heterocycles. The molecule has 0 saturated carbocycles. The van der Waals surface area contributed by atoms with Crippen LogP contribution < -0.4 is 0 Å². The van der Waals surface area contributed by atoms with Crippen LogP contribution in [0.3, 0.4) is 0 Å². The highest BCUT2D eigenvalue weighted by Gasteiger charge is 2.26. The highest BCUT2D eigenvalue weighted by Crippen LogP contribution is 2.21. The molecule has 0 aromatic heterocycles. The topological polar surface area (TPSA) is 95.7 Å². The van der Waals surface area contributed by atoms with E-state index in [1.165, 1.54) is 31.4 Å². The second-order valence-electron chi connectivity index (χ2n) is 4.52. The van der Waals surface area contributed by atoms with Crippen LogP contribution in [0.5, 0.6) is 0 Å². The number of non-ortho nitro benzene ring substituents is 1. The van der Waals surface area contributed by atoms with E-state index in [9.17, 15) is 19.7 Å². The van der Waals surface area contributed by atoms with Crippen LogP contribution in [0, 0.1) is 10.1 Å². The Morgan fingerprint density at radius 2 is 1.65 bits per heavy atom. The SMILES string of the molecule is COC(=O)[C@@H](OC(=O)c1ccc([N+](=O)[O-])cc1)c1ccccc1. The summed E-state index contributed by atoms with van der Waals surface area (Å²) in [4.78, 5) is 34.0. The molecule has 118 valence electrons. The number of esters is 2. The van der Waals surface area contributed by atoms with Gasteiger partial charge in [0, 0.05) is 17.7 Å². The van der Waals surface area contributed by atoms with Crippen molar-refractivity contribution < 1.29 is 24.0 Å². The summed E-state index contributed by atoms with van der Waals surface area (Å²) in [7, 11) is 1.19. The zero-order valence-corrected chi connectivity index (χ0v) is 12.2. The first-order valence-electron chi connectivity index (χ1n) is 6.61. The standard InChI is InChI=1S/C16H13NO6/c1-22-16(19)14(11-5-3-2-4-6-11)23-15(18)12-7-9-13(10-8-12)17(20)21/h2-10,14H,1H3/t14-/m0/s1. The van der Waals surface area contributed by atoms with Crippen LogP contribution in [-0.2, 0) is 14.3 Å². The molecule has 7 nitrogen and oxygen atoms in total. The lowest BCUT2D eigenvalue weighted by Crippen LogP contribution is -2.21. The van der Waals surface area contributed by atoms with Crippen LogP contribution in [0.4, 0.5) is 5.69 Å². The fourth-order valence-electron chi connectivity index (χ4n) is 1.88. The first-order chi connectivity index (χ1) is 11.0. The van der Waals surface area contributed by atoms with E-state index in [1.807, 2.05) is 0 Å². The van der Waals surface area contributed by atoms with E-state index in [2.05, 4.69) is 4.74 Å². The van der Waals surface area contributed by atoms with Gasteiger partial charge < -0.3 is 9.47 Å². The van der Waals surface area contributed by atoms with Gasteiger partial charge >= 0.3 is 11.9 Å². The molecule has 2 aromatic rings. The van der Waals surface area contributed by atoms with Crippen LogP contribution in [0.1, 0.15) is 22.0 Å². The van der Waals surface area contributed by atoms with Crippen molar-refractivity contribution in [2.24, 2.45) is 0 Å². The van der Waals surface area contributed by atoms with E-state index < -0.39 is 23.0 Å². The number of methoxy groups -OCH3 is 1. The van der Waals surface area contributed by atoms with Crippen molar-refractivity contribution in [1.29, 1.82) is 0 Å². The summed E-state index contributed by atoms with van der Waals surface area (Å²) >= 11 is 0. The summed E-state index contributed by atoms with van der Waals surface area (Å²) in [5.41, 5.74) is 0.421. The van der Waals surface area contributed by atoms with Gasteiger partial charge in [-0.3, -0.25) is 10.1 Å². The average Bonchev–Trinajstić information content (AvgIpc) is 2.59. The molecule has 0 radical (unpaired) electrons. The minimum atomic E-state index is -1.20. The monoisotopic (exact) mass is 315 g/mol. The zero-order valence-electron chi connectivity index (χ0n) is 12.2. The number of nitro groups is 1. The largest absolute Gasteiger partial charge is 0.466 e. The maximum atomic E-state index is 12.1. The fraction of sp³-hybridized carbons (Fsp3) is 0.125. The van der Waals surface area contributed by atoms with Gasteiger partial charge in [0.1, 0.15) is 0 Å². The molecule has 7 heteroatoms. The summed E-state index contributed by atoms with van der Waals surface area (Å²) < 4.78 is 9.84. The van der Waals surface area contributed by atoms with Crippen molar-refractivity contribution in [3.05, 3.63) is 75.8 Å². The molecule has 1 atom stereocenters. The Morgan fingerprint density at radius 1 is 1.04 bits per heavy atom. The maximum absolute atomic E-state index is 12.1. The fourth-order valence-corrected chi connectivity index (χ4v) is 1.88. The molecule has 0 aliphatic carbocycles. The van der Waals surface area contributed by atoms with Crippen molar-refractivity contribution in [1.82, 2.24) is 0 Å². The van der Waals surface area contributed by atoms with Gasteiger partial charge in [-0.2, -0.15) is 0 Å². The molecule has 0 N–H and O–H groups in total. The van der Waals surface area contributed by atoms with Crippen LogP contribution in [0.25, 0.3) is 0 Å². The summed E-state index contributed by atoms with van der Waals surface area (Å²) in [5, 5.41) is 10.6. The minimum Gasteiger partial charge on any atom is -0.466 e. The van der Waals surface area contributed by atoms with Crippen molar-refractivity contribution in [3.63, 3.8) is 0 Å². The molecule has 0 amide bonds. The number of hydrogen-bond acceptors (Lipinski definition) is 6. The minimum absolute atomic E-state index is 0.0976. The molecule has 0 heterocycles. The Labute approximate surface area is 131 Å². The summed E-state index contributed by atoms with van der Waals surface area (Å²) in [6, 6.07) is 13.3. The van der Waals surface area contributed by atoms with Gasteiger partial charge in [-0.15, -0.1) is 0 Å². The highest BCUT2D eigenvalue weighted by atomic mass is 16.6. The summed E-state index contributed by atoms with van der Waals surface area (Å²) in [6.07, 6.45) is -1.20. The van der Waals surface area contributed by atoms with E-state index in [0.717, 1.165) is 0 Å². The average molecular weight is 315 g/mol. The smallest absolute Gasteiger partial charge is 0.351 e. The lowest BCUT2D eigenvalue weighted by atomic mass is 10.1. The van der Waals surface area contributed by atoms with E-state index >= 15 is 0 Å². The van der Waals surface area contributed by atoms with E-state index in [1.54, 1.807) is 30.3 Å². The van der Waals surface area contributed by atoms with Gasteiger partial charge in [-0.05, 0) is 12.1 Å². The van der Waals surface area contributed by atoms with Gasteiger partial charge in [0.05, 0.1) is 17.6 Å². The van der Waals surface area contributed by atoms with Gasteiger partial charge in [0.25, 0.3) is 5.69 Å². The number of benzene rings is 2. The quantitative estimate of drug-likeness (QED) is 0.478. The maximum Gasteiger partial charge on any atom is 0.351 e. The summed E-state index contributed by atoms with van der Waals surface area (Å²) in [5.74, 6) is -1.49. The second-order valence-corrected chi connectivity index (χ2v) is 4.52. The molecule has 2 rings (SSSR count). The predicted molar refractivity (Wildman–Crippen MR) is 79.7 cm³/mol. The van der Waals surface area contributed by atoms with Crippen LogP contribution >= 0.6 is 0 Å². The Hall–Kier alpha value is -3.22. The van der Waals surface area contributed by atoms with Crippen LogP contribution in [0.2, 0.25) is 0 Å². The van der Waals surface area contributed by atoms with Crippen molar-refractivity contribution in [3.8, 4) is 0 Å². The van der Waals surface area contributed by atoms with Crippen molar-refractivity contribution in [2.45, 2.75) is 6.10 Å². The van der Waals surface area contributed by atoms with Gasteiger partial charge in [0.15, 0.2) is 0 Å². The Kier molecular flexibility index (Phi) is 5.03. The molecule has 0 bridgehead atoms. The van der Waals surface area contributed by atoms with E-state index in [-0.39, 0.29) is 11.3 Å². The Balaban J connectivity index is 2.20. The number of nitro benzene ring substituents is 1. The van der Waals surface area contributed by atoms with Gasteiger partial charge in [-0.1, -0.05) is 30.3 Å². The molecular weight excluding hydrogens is 302 g/mol. The molecule has 23 heavy (non-hydrogen) atoms. The number of carbonyl (C=O) groups is 2. The van der Waals surface area contributed by atoms with Gasteiger partial charge in [0.2, 0.25) is 6.10 Å². The molecular formula is C16H13NO6. The van der Waals surface area contributed by atoms with Crippen LogP contribution in [-0.4, -0.2) is 24.0 Å². The predicted octanol–water partition coefficient (Wildman–Crippen LogP) is 2.67. The third-order valence-electron chi connectivity index (χ3n) is 3.06. The van der Waals surface area contributed by atoms with Crippen molar-refractivity contribution in [2.75, 3.05) is 7.11 Å². The van der Waals surface area contributed by atoms with E-state index in [0.29, 0.717) is 5.56 Å². The lowest BCUT2D eigenvalue weighted by molar-refractivity contribution is -0.384. The first-order valence-corrected chi connectivity index (χ1v) is 6.61. The third-order valence-corrected chi connectivity index (χ3v) is 3.06. The number of carbonyl (C=O) groups excluding carboxylic acids is 2. The number of hydrogen-bond donors (Lipinski definition) is 0. The third kappa shape index (κ3) is 3.91. The van der Waals surface area contributed by atoms with Gasteiger partial charge in [-0.25, -0.2) is 9.59 Å². The number of ether oxygens (including phenoxy) is 2. The first kappa shape index (κ1) is 16.2. The Bertz CT molecular complexity index is 711. The van der Waals surface area contributed by atoms with E-state index in [4.69, 9.17) is 4.74 Å². The number of rotatable bonds is 5. The molecule has 0 aliphatic rings. The normalized spacial score (nSPS) is 11.3.